The Morgan fingerprint density at radius 1 is 0.698 bits per heavy atom. The number of esters is 1. The number of azo groups is 2. The Balaban J connectivity index is 1.33. The third kappa shape index (κ3) is 9.25. The van der Waals surface area contributed by atoms with E-state index in [0.29, 0.717) is 34.2 Å². The molecule has 43 heavy (non-hydrogen) atoms. The summed E-state index contributed by atoms with van der Waals surface area (Å²) in [6.45, 7) is 8.99. The van der Waals surface area contributed by atoms with Crippen molar-refractivity contribution in [3.8, 4) is 23.0 Å². The summed E-state index contributed by atoms with van der Waals surface area (Å²) in [6, 6.07) is 23.7. The number of phenols is 2. The molecule has 0 fully saturated rings. The van der Waals surface area contributed by atoms with Gasteiger partial charge < -0.3 is 24.4 Å². The predicted molar refractivity (Wildman–Crippen MR) is 163 cm³/mol. The molecule has 0 amide bonds. The van der Waals surface area contributed by atoms with E-state index in [0.717, 1.165) is 11.1 Å². The maximum atomic E-state index is 12.2. The van der Waals surface area contributed by atoms with Gasteiger partial charge in [0.05, 0.1) is 22.7 Å². The van der Waals surface area contributed by atoms with Crippen LogP contribution in [-0.4, -0.2) is 35.5 Å². The highest BCUT2D eigenvalue weighted by atomic mass is 16.6. The molecule has 0 atom stereocenters. The van der Waals surface area contributed by atoms with Gasteiger partial charge >= 0.3 is 5.97 Å². The van der Waals surface area contributed by atoms with E-state index in [1.807, 2.05) is 13.8 Å². The van der Waals surface area contributed by atoms with Crippen molar-refractivity contribution < 1.29 is 29.2 Å². The highest BCUT2D eigenvalue weighted by Gasteiger charge is 2.17. The first-order chi connectivity index (χ1) is 20.7. The minimum atomic E-state index is -0.710. The van der Waals surface area contributed by atoms with Crippen LogP contribution >= 0.6 is 0 Å². The van der Waals surface area contributed by atoms with Crippen LogP contribution in [0.5, 0.6) is 23.0 Å². The van der Waals surface area contributed by atoms with Crippen LogP contribution in [0.4, 0.5) is 22.7 Å². The fourth-order valence-electron chi connectivity index (χ4n) is 3.69. The first-order valence-corrected chi connectivity index (χ1v) is 13.4. The summed E-state index contributed by atoms with van der Waals surface area (Å²) >= 11 is 0. The molecule has 4 rings (SSSR count). The largest absolute Gasteiger partial charge is 0.508 e. The summed E-state index contributed by atoms with van der Waals surface area (Å²) in [6.07, 6.45) is -0.710. The topological polar surface area (TPSA) is 135 Å². The SMILES string of the molecule is C=C(C)C(=O)OC(COc1ccc(N=Nc2ccc(O)cc2C)cc1)COc1ccc(N=Nc2ccc(O)cc2C)cc1. The second kappa shape index (κ2) is 14.4. The summed E-state index contributed by atoms with van der Waals surface area (Å²) in [7, 11) is 0. The Bertz CT molecular complexity index is 1520. The van der Waals surface area contributed by atoms with Crippen molar-refractivity contribution in [1.82, 2.24) is 0 Å². The van der Waals surface area contributed by atoms with Gasteiger partial charge in [-0.05, 0) is 117 Å². The van der Waals surface area contributed by atoms with Gasteiger partial charge in [0.15, 0.2) is 6.10 Å². The lowest BCUT2D eigenvalue weighted by atomic mass is 10.2. The average molecular weight is 581 g/mol. The van der Waals surface area contributed by atoms with Crippen molar-refractivity contribution in [1.29, 1.82) is 0 Å². The number of ether oxygens (including phenoxy) is 3. The van der Waals surface area contributed by atoms with Gasteiger partial charge in [-0.15, -0.1) is 0 Å². The number of carbonyl (C=O) groups is 1. The zero-order valence-electron chi connectivity index (χ0n) is 24.1. The average Bonchev–Trinajstić information content (AvgIpc) is 2.98. The standard InChI is InChI=1S/C33H32N4O6/c1-21(2)33(40)43-30(19-41-28-11-5-24(6-12-28)34-36-31-15-9-26(38)17-22(31)3)20-42-29-13-7-25(8-14-29)35-37-32-16-10-27(39)18-23(32)4/h5-18,30,38-39H,1,19-20H2,2-4H3. The second-order valence-corrected chi connectivity index (χ2v) is 9.76. The molecular formula is C33H32N4O6. The maximum Gasteiger partial charge on any atom is 0.333 e. The van der Waals surface area contributed by atoms with E-state index in [4.69, 9.17) is 14.2 Å². The molecule has 220 valence electrons. The normalized spacial score (nSPS) is 11.9. The van der Waals surface area contributed by atoms with Gasteiger partial charge in [0.1, 0.15) is 36.2 Å². The van der Waals surface area contributed by atoms with Crippen LogP contribution in [0.2, 0.25) is 0 Å². The molecule has 0 radical (unpaired) electrons. The van der Waals surface area contributed by atoms with Crippen molar-refractivity contribution in [2.24, 2.45) is 20.5 Å². The quantitative estimate of drug-likeness (QED) is 0.0980. The molecule has 0 saturated heterocycles. The molecule has 0 aliphatic heterocycles. The molecule has 0 saturated carbocycles. The number of aryl methyl sites for hydroxylation is 2. The molecule has 0 spiro atoms. The number of rotatable bonds is 12. The summed E-state index contributed by atoms with van der Waals surface area (Å²) in [4.78, 5) is 12.2. The van der Waals surface area contributed by atoms with E-state index in [1.54, 1.807) is 91.9 Å². The van der Waals surface area contributed by atoms with Gasteiger partial charge in [-0.3, -0.25) is 0 Å². The summed E-state index contributed by atoms with van der Waals surface area (Å²) in [5.74, 6) is 0.908. The van der Waals surface area contributed by atoms with E-state index >= 15 is 0 Å². The first-order valence-electron chi connectivity index (χ1n) is 13.4. The van der Waals surface area contributed by atoms with Gasteiger partial charge in [0.2, 0.25) is 0 Å². The molecule has 10 heteroatoms. The minimum Gasteiger partial charge on any atom is -0.508 e. The van der Waals surface area contributed by atoms with Crippen LogP contribution in [0.15, 0.2) is 118 Å². The van der Waals surface area contributed by atoms with Crippen molar-refractivity contribution >= 4 is 28.7 Å². The minimum absolute atomic E-state index is 0.0465. The van der Waals surface area contributed by atoms with Crippen molar-refractivity contribution in [2.45, 2.75) is 26.9 Å². The highest BCUT2D eigenvalue weighted by Crippen LogP contribution is 2.27. The van der Waals surface area contributed by atoms with Gasteiger partial charge in [0.25, 0.3) is 0 Å². The molecule has 10 nitrogen and oxygen atoms in total. The number of hydrogen-bond acceptors (Lipinski definition) is 10. The van der Waals surface area contributed by atoms with Gasteiger partial charge in [-0.25, -0.2) is 4.79 Å². The fraction of sp³-hybridized carbons (Fsp3) is 0.182. The number of nitrogens with zero attached hydrogens (tertiary/aromatic N) is 4. The molecule has 0 aromatic heterocycles. The molecular weight excluding hydrogens is 548 g/mol. The van der Waals surface area contributed by atoms with E-state index in [9.17, 15) is 15.0 Å². The Morgan fingerprint density at radius 2 is 1.12 bits per heavy atom. The summed E-state index contributed by atoms with van der Waals surface area (Å²) in [5.41, 5.74) is 4.44. The van der Waals surface area contributed by atoms with Crippen LogP contribution in [0, 0.1) is 13.8 Å². The zero-order valence-corrected chi connectivity index (χ0v) is 24.1. The second-order valence-electron chi connectivity index (χ2n) is 9.76. The smallest absolute Gasteiger partial charge is 0.333 e. The predicted octanol–water partition coefficient (Wildman–Crippen LogP) is 8.49. The molecule has 0 bridgehead atoms. The van der Waals surface area contributed by atoms with Crippen LogP contribution < -0.4 is 9.47 Å². The number of benzene rings is 4. The fourth-order valence-corrected chi connectivity index (χ4v) is 3.69. The molecule has 0 heterocycles. The van der Waals surface area contributed by atoms with Crippen LogP contribution in [-0.2, 0) is 9.53 Å². The summed E-state index contributed by atoms with van der Waals surface area (Å²) < 4.78 is 17.3. The number of hydrogen-bond donors (Lipinski definition) is 2. The van der Waals surface area contributed by atoms with E-state index in [2.05, 4.69) is 27.0 Å². The lowest BCUT2D eigenvalue weighted by Gasteiger charge is -2.19. The molecule has 0 aliphatic carbocycles. The maximum absolute atomic E-state index is 12.2. The molecule has 0 aliphatic rings. The van der Waals surface area contributed by atoms with E-state index in [1.165, 1.54) is 0 Å². The lowest BCUT2D eigenvalue weighted by Crippen LogP contribution is -2.31. The number of aromatic hydroxyl groups is 2. The molecule has 4 aromatic carbocycles. The summed E-state index contributed by atoms with van der Waals surface area (Å²) in [5, 5.41) is 36.0. The Hall–Kier alpha value is -5.51. The van der Waals surface area contributed by atoms with E-state index < -0.39 is 12.1 Å². The highest BCUT2D eigenvalue weighted by molar-refractivity contribution is 5.87. The number of carbonyl (C=O) groups excluding carboxylic acids is 1. The Morgan fingerprint density at radius 3 is 1.49 bits per heavy atom. The first kappa shape index (κ1) is 30.4. The third-order valence-electron chi connectivity index (χ3n) is 6.07. The zero-order chi connectivity index (χ0) is 30.8. The monoisotopic (exact) mass is 580 g/mol. The third-order valence-corrected chi connectivity index (χ3v) is 6.07. The van der Waals surface area contributed by atoms with E-state index in [-0.39, 0.29) is 30.3 Å². The Kier molecular flexibility index (Phi) is 10.2. The van der Waals surface area contributed by atoms with Crippen LogP contribution in [0.3, 0.4) is 0 Å². The van der Waals surface area contributed by atoms with Crippen molar-refractivity contribution in [3.63, 3.8) is 0 Å². The molecule has 2 N–H and O–H groups in total. The van der Waals surface area contributed by atoms with Crippen molar-refractivity contribution in [2.75, 3.05) is 13.2 Å². The molecule has 0 unspecified atom stereocenters. The van der Waals surface area contributed by atoms with Crippen molar-refractivity contribution in [3.05, 3.63) is 108 Å². The lowest BCUT2D eigenvalue weighted by molar-refractivity contribution is -0.147. The van der Waals surface area contributed by atoms with Gasteiger partial charge in [0, 0.05) is 5.57 Å². The molecule has 4 aromatic rings. The van der Waals surface area contributed by atoms with Crippen LogP contribution in [0.1, 0.15) is 18.1 Å². The van der Waals surface area contributed by atoms with Crippen LogP contribution in [0.25, 0.3) is 0 Å². The van der Waals surface area contributed by atoms with Gasteiger partial charge in [-0.1, -0.05) is 6.58 Å². The van der Waals surface area contributed by atoms with Gasteiger partial charge in [-0.2, -0.15) is 20.5 Å². The Labute approximate surface area is 249 Å². The number of phenolic OH excluding ortho intramolecular Hbond substituents is 2.